The number of thiophene rings is 1. The Hall–Kier alpha value is 0.01000. The summed E-state index contributed by atoms with van der Waals surface area (Å²) >= 11 is 11.6. The molecule has 2 rings (SSSR count). The standard InChI is InChI=1S/C10H10BrClN2O2S3/c1-2-6-4-13-8(17-6)5-14-19(15,16)9-3-7(12)10(11)18-9/h3-4,14H,2,5H2,1H3. The average Bonchev–Trinajstić information content (AvgIpc) is 2.95. The molecular formula is C10H10BrClN2O2S3. The number of sulfonamides is 1. The zero-order valence-electron chi connectivity index (χ0n) is 9.81. The highest BCUT2D eigenvalue weighted by atomic mass is 79.9. The van der Waals surface area contributed by atoms with Gasteiger partial charge in [0.25, 0.3) is 10.0 Å². The van der Waals surface area contributed by atoms with E-state index in [1.54, 1.807) is 6.20 Å². The van der Waals surface area contributed by atoms with Crippen molar-refractivity contribution in [1.82, 2.24) is 9.71 Å². The minimum atomic E-state index is -3.54. The van der Waals surface area contributed by atoms with Crippen LogP contribution in [-0.2, 0) is 23.0 Å². The molecule has 1 N–H and O–H groups in total. The zero-order valence-corrected chi connectivity index (χ0v) is 14.6. The molecule has 0 aliphatic carbocycles. The van der Waals surface area contributed by atoms with Crippen molar-refractivity contribution in [3.05, 3.63) is 31.0 Å². The molecule has 0 saturated carbocycles. The highest BCUT2D eigenvalue weighted by molar-refractivity contribution is 9.11. The normalized spacial score (nSPS) is 11.9. The Kier molecular flexibility index (Phi) is 5.02. The number of nitrogens with one attached hydrogen (secondary N) is 1. The first-order valence-corrected chi connectivity index (χ1v) is 9.59. The van der Waals surface area contributed by atoms with Gasteiger partial charge in [-0.05, 0) is 28.4 Å². The molecule has 0 atom stereocenters. The van der Waals surface area contributed by atoms with Gasteiger partial charge in [0, 0.05) is 11.1 Å². The van der Waals surface area contributed by atoms with Gasteiger partial charge in [-0.3, -0.25) is 0 Å². The maximum atomic E-state index is 12.0. The molecule has 0 aliphatic rings. The van der Waals surface area contributed by atoms with E-state index in [2.05, 4.69) is 25.6 Å². The second-order valence-corrected chi connectivity index (χ2v) is 9.56. The van der Waals surface area contributed by atoms with Gasteiger partial charge in [-0.1, -0.05) is 18.5 Å². The first kappa shape index (κ1) is 15.4. The van der Waals surface area contributed by atoms with E-state index in [0.717, 1.165) is 27.6 Å². The quantitative estimate of drug-likeness (QED) is 0.831. The lowest BCUT2D eigenvalue weighted by Gasteiger charge is -2.01. The van der Waals surface area contributed by atoms with Crippen LogP contribution in [-0.4, -0.2) is 13.4 Å². The van der Waals surface area contributed by atoms with Gasteiger partial charge in [-0.2, -0.15) is 0 Å². The molecule has 19 heavy (non-hydrogen) atoms. The SMILES string of the molecule is CCc1cnc(CNS(=O)(=O)c2cc(Cl)c(Br)s2)s1. The molecule has 0 aliphatic heterocycles. The summed E-state index contributed by atoms with van der Waals surface area (Å²) < 4.78 is 27.4. The summed E-state index contributed by atoms with van der Waals surface area (Å²) in [5.74, 6) is 0. The van der Waals surface area contributed by atoms with Crippen LogP contribution in [0.3, 0.4) is 0 Å². The highest BCUT2D eigenvalue weighted by Crippen LogP contribution is 2.34. The first-order chi connectivity index (χ1) is 8.92. The predicted octanol–water partition coefficient (Wildman–Crippen LogP) is 3.66. The lowest BCUT2D eigenvalue weighted by atomic mass is 10.4. The molecule has 2 aromatic heterocycles. The largest absolute Gasteiger partial charge is 0.250 e. The molecule has 0 bridgehead atoms. The number of rotatable bonds is 5. The number of aromatic nitrogens is 1. The molecule has 9 heteroatoms. The van der Waals surface area contributed by atoms with Gasteiger partial charge in [-0.25, -0.2) is 18.1 Å². The van der Waals surface area contributed by atoms with Gasteiger partial charge in [0.05, 0.1) is 15.4 Å². The molecule has 0 saturated heterocycles. The Bertz CT molecular complexity index is 661. The minimum absolute atomic E-state index is 0.191. The van der Waals surface area contributed by atoms with Crippen LogP contribution in [0.4, 0.5) is 0 Å². The van der Waals surface area contributed by atoms with Gasteiger partial charge in [0.1, 0.15) is 9.22 Å². The minimum Gasteiger partial charge on any atom is -0.248 e. The molecule has 0 amide bonds. The van der Waals surface area contributed by atoms with Gasteiger partial charge in [0.15, 0.2) is 0 Å². The second kappa shape index (κ2) is 6.19. The number of hydrogen-bond donors (Lipinski definition) is 1. The molecule has 0 aromatic carbocycles. The van der Waals surface area contributed by atoms with Crippen molar-refractivity contribution < 1.29 is 8.42 Å². The average molecular weight is 402 g/mol. The molecule has 0 radical (unpaired) electrons. The molecule has 2 heterocycles. The fourth-order valence-electron chi connectivity index (χ4n) is 1.28. The van der Waals surface area contributed by atoms with Crippen LogP contribution in [0.25, 0.3) is 0 Å². The van der Waals surface area contributed by atoms with Crippen molar-refractivity contribution in [3.63, 3.8) is 0 Å². The number of nitrogens with zero attached hydrogens (tertiary/aromatic N) is 1. The van der Waals surface area contributed by atoms with Gasteiger partial charge in [-0.15, -0.1) is 22.7 Å². The van der Waals surface area contributed by atoms with Crippen LogP contribution in [0.5, 0.6) is 0 Å². The van der Waals surface area contributed by atoms with E-state index in [0.29, 0.717) is 8.81 Å². The van der Waals surface area contributed by atoms with E-state index in [-0.39, 0.29) is 10.8 Å². The van der Waals surface area contributed by atoms with E-state index < -0.39 is 10.0 Å². The molecule has 0 spiro atoms. The van der Waals surface area contributed by atoms with Gasteiger partial charge < -0.3 is 0 Å². The number of hydrogen-bond acceptors (Lipinski definition) is 5. The Morgan fingerprint density at radius 1 is 1.47 bits per heavy atom. The molecule has 4 nitrogen and oxygen atoms in total. The first-order valence-electron chi connectivity index (χ1n) is 5.30. The lowest BCUT2D eigenvalue weighted by molar-refractivity contribution is 0.583. The van der Waals surface area contributed by atoms with Crippen molar-refractivity contribution in [1.29, 1.82) is 0 Å². The second-order valence-electron chi connectivity index (χ2n) is 3.59. The van der Waals surface area contributed by atoms with E-state index in [9.17, 15) is 8.42 Å². The topological polar surface area (TPSA) is 59.1 Å². The Morgan fingerprint density at radius 3 is 2.74 bits per heavy atom. The lowest BCUT2D eigenvalue weighted by Crippen LogP contribution is -2.22. The highest BCUT2D eigenvalue weighted by Gasteiger charge is 2.19. The number of thiazole rings is 1. The monoisotopic (exact) mass is 400 g/mol. The molecule has 104 valence electrons. The molecule has 2 aromatic rings. The number of aryl methyl sites for hydroxylation is 1. The Balaban J connectivity index is 2.09. The maximum Gasteiger partial charge on any atom is 0.250 e. The summed E-state index contributed by atoms with van der Waals surface area (Å²) in [4.78, 5) is 5.30. The van der Waals surface area contributed by atoms with E-state index in [4.69, 9.17) is 11.6 Å². The van der Waals surface area contributed by atoms with Crippen molar-refractivity contribution in [2.24, 2.45) is 0 Å². The van der Waals surface area contributed by atoms with Crippen molar-refractivity contribution in [2.75, 3.05) is 0 Å². The van der Waals surface area contributed by atoms with Crippen molar-refractivity contribution >= 4 is 60.2 Å². The van der Waals surface area contributed by atoms with Crippen LogP contribution < -0.4 is 4.72 Å². The molecule has 0 fully saturated rings. The van der Waals surface area contributed by atoms with E-state index >= 15 is 0 Å². The number of halogens is 2. The zero-order chi connectivity index (χ0) is 14.0. The fourth-order valence-corrected chi connectivity index (χ4v) is 5.60. The van der Waals surface area contributed by atoms with Crippen LogP contribution in [0.1, 0.15) is 16.8 Å². The molecule has 0 unspecified atom stereocenters. The summed E-state index contributed by atoms with van der Waals surface area (Å²) in [7, 11) is -3.54. The van der Waals surface area contributed by atoms with Crippen molar-refractivity contribution in [2.45, 2.75) is 24.1 Å². The van der Waals surface area contributed by atoms with Crippen LogP contribution in [0.2, 0.25) is 5.02 Å². The Labute approximate surface area is 133 Å². The van der Waals surface area contributed by atoms with Crippen LogP contribution >= 0.6 is 50.2 Å². The van der Waals surface area contributed by atoms with Gasteiger partial charge >= 0.3 is 0 Å². The van der Waals surface area contributed by atoms with Gasteiger partial charge in [0.2, 0.25) is 0 Å². The fraction of sp³-hybridized carbons (Fsp3) is 0.300. The summed E-state index contributed by atoms with van der Waals surface area (Å²) in [5.41, 5.74) is 0. The summed E-state index contributed by atoms with van der Waals surface area (Å²) in [6.07, 6.45) is 2.67. The summed E-state index contributed by atoms with van der Waals surface area (Å²) in [6.45, 7) is 2.23. The summed E-state index contributed by atoms with van der Waals surface area (Å²) in [5, 5.41) is 1.15. The molecular weight excluding hydrogens is 392 g/mol. The predicted molar refractivity (Wildman–Crippen MR) is 82.5 cm³/mol. The smallest absolute Gasteiger partial charge is 0.248 e. The Morgan fingerprint density at radius 2 is 2.21 bits per heavy atom. The summed E-state index contributed by atoms with van der Waals surface area (Å²) in [6, 6.07) is 1.43. The van der Waals surface area contributed by atoms with Crippen LogP contribution in [0.15, 0.2) is 20.3 Å². The van der Waals surface area contributed by atoms with E-state index in [1.165, 1.54) is 17.4 Å². The van der Waals surface area contributed by atoms with Crippen LogP contribution in [0, 0.1) is 0 Å². The maximum absolute atomic E-state index is 12.0. The third-order valence-corrected chi connectivity index (χ3v) is 7.74. The third kappa shape index (κ3) is 3.77. The third-order valence-electron chi connectivity index (χ3n) is 2.25. The van der Waals surface area contributed by atoms with E-state index in [1.807, 2.05) is 6.92 Å². The van der Waals surface area contributed by atoms with Crippen molar-refractivity contribution in [3.8, 4) is 0 Å².